The molecule has 0 bridgehead atoms. The maximum Gasteiger partial charge on any atom is 0.346 e. The van der Waals surface area contributed by atoms with E-state index in [2.05, 4.69) is 5.32 Å². The molecular formula is C11H15NO3S. The van der Waals surface area contributed by atoms with Crippen LogP contribution in [0.4, 0.5) is 0 Å². The van der Waals surface area contributed by atoms with E-state index < -0.39 is 5.97 Å². The Morgan fingerprint density at radius 1 is 1.75 bits per heavy atom. The third-order valence-electron chi connectivity index (χ3n) is 2.87. The summed E-state index contributed by atoms with van der Waals surface area (Å²) in [5.74, 6) is -0.845. The topological polar surface area (TPSA) is 58.6 Å². The molecule has 1 saturated heterocycles. The fraction of sp³-hybridized carbons (Fsp3) is 0.545. The SMILES string of the molecule is CC1OCCC1NCc1ccsc1C(=O)O. The van der Waals surface area contributed by atoms with Crippen molar-refractivity contribution in [2.24, 2.45) is 0 Å². The maximum atomic E-state index is 10.9. The van der Waals surface area contributed by atoms with Gasteiger partial charge in [-0.2, -0.15) is 0 Å². The van der Waals surface area contributed by atoms with Crippen LogP contribution >= 0.6 is 11.3 Å². The van der Waals surface area contributed by atoms with E-state index in [1.165, 1.54) is 11.3 Å². The predicted octanol–water partition coefficient (Wildman–Crippen LogP) is 1.71. The lowest BCUT2D eigenvalue weighted by atomic mass is 10.1. The van der Waals surface area contributed by atoms with E-state index in [1.54, 1.807) is 0 Å². The van der Waals surface area contributed by atoms with Crippen molar-refractivity contribution in [1.82, 2.24) is 5.32 Å². The highest BCUT2D eigenvalue weighted by Gasteiger charge is 2.24. The van der Waals surface area contributed by atoms with Gasteiger partial charge in [0.05, 0.1) is 6.10 Å². The zero-order valence-electron chi connectivity index (χ0n) is 9.10. The van der Waals surface area contributed by atoms with Crippen molar-refractivity contribution in [1.29, 1.82) is 0 Å². The summed E-state index contributed by atoms with van der Waals surface area (Å²) in [6, 6.07) is 2.20. The van der Waals surface area contributed by atoms with Crippen LogP contribution in [-0.4, -0.2) is 29.8 Å². The van der Waals surface area contributed by atoms with Gasteiger partial charge in [0.1, 0.15) is 4.88 Å². The van der Waals surface area contributed by atoms with Gasteiger partial charge in [0.15, 0.2) is 0 Å². The first-order valence-electron chi connectivity index (χ1n) is 5.33. The molecule has 1 aromatic heterocycles. The van der Waals surface area contributed by atoms with Crippen molar-refractivity contribution >= 4 is 17.3 Å². The second kappa shape index (κ2) is 4.95. The van der Waals surface area contributed by atoms with Crippen LogP contribution in [0.3, 0.4) is 0 Å². The molecule has 2 rings (SSSR count). The van der Waals surface area contributed by atoms with Crippen LogP contribution in [0.5, 0.6) is 0 Å². The van der Waals surface area contributed by atoms with Gasteiger partial charge in [-0.15, -0.1) is 11.3 Å². The molecule has 0 saturated carbocycles. The van der Waals surface area contributed by atoms with Gasteiger partial charge in [0, 0.05) is 19.2 Å². The lowest BCUT2D eigenvalue weighted by Gasteiger charge is -2.15. The van der Waals surface area contributed by atoms with E-state index in [9.17, 15) is 4.79 Å². The standard InChI is InChI=1S/C11H15NO3S/c1-7-9(2-4-15-7)12-6-8-3-5-16-10(8)11(13)14/h3,5,7,9,12H,2,4,6H2,1H3,(H,13,14). The van der Waals surface area contributed by atoms with Crippen molar-refractivity contribution in [3.05, 3.63) is 21.9 Å². The molecular weight excluding hydrogens is 226 g/mol. The number of thiophene rings is 1. The lowest BCUT2D eigenvalue weighted by molar-refractivity contribution is 0.0701. The van der Waals surface area contributed by atoms with Gasteiger partial charge < -0.3 is 15.2 Å². The summed E-state index contributed by atoms with van der Waals surface area (Å²) >= 11 is 1.27. The average Bonchev–Trinajstić information content (AvgIpc) is 2.83. The summed E-state index contributed by atoms with van der Waals surface area (Å²) in [7, 11) is 0. The number of carboxylic acid groups (broad SMARTS) is 1. The molecule has 16 heavy (non-hydrogen) atoms. The molecule has 1 aliphatic heterocycles. The molecule has 2 heterocycles. The van der Waals surface area contributed by atoms with Gasteiger partial charge in [0.2, 0.25) is 0 Å². The number of hydrogen-bond acceptors (Lipinski definition) is 4. The molecule has 2 N–H and O–H groups in total. The van der Waals surface area contributed by atoms with Crippen LogP contribution in [0.15, 0.2) is 11.4 Å². The number of ether oxygens (including phenoxy) is 1. The molecule has 1 fully saturated rings. The number of aromatic carboxylic acids is 1. The largest absolute Gasteiger partial charge is 0.477 e. The summed E-state index contributed by atoms with van der Waals surface area (Å²) in [5, 5.41) is 14.1. The van der Waals surface area contributed by atoms with E-state index in [4.69, 9.17) is 9.84 Å². The van der Waals surface area contributed by atoms with Crippen LogP contribution in [-0.2, 0) is 11.3 Å². The third kappa shape index (κ3) is 2.42. The van der Waals surface area contributed by atoms with Crippen LogP contribution in [0.2, 0.25) is 0 Å². The highest BCUT2D eigenvalue weighted by atomic mass is 32.1. The van der Waals surface area contributed by atoms with E-state index in [0.717, 1.165) is 18.6 Å². The van der Waals surface area contributed by atoms with Gasteiger partial charge in [-0.3, -0.25) is 0 Å². The quantitative estimate of drug-likeness (QED) is 0.842. The Hall–Kier alpha value is -0.910. The molecule has 1 aliphatic rings. The number of hydrogen-bond donors (Lipinski definition) is 2. The molecule has 0 aromatic carbocycles. The maximum absolute atomic E-state index is 10.9. The van der Waals surface area contributed by atoms with E-state index in [-0.39, 0.29) is 6.10 Å². The van der Waals surface area contributed by atoms with Gasteiger partial charge in [-0.25, -0.2) is 4.79 Å². The minimum atomic E-state index is -0.845. The molecule has 4 nitrogen and oxygen atoms in total. The minimum Gasteiger partial charge on any atom is -0.477 e. The normalized spacial score (nSPS) is 24.8. The number of carbonyl (C=O) groups is 1. The molecule has 88 valence electrons. The summed E-state index contributed by atoms with van der Waals surface area (Å²) in [6.45, 7) is 3.42. The summed E-state index contributed by atoms with van der Waals surface area (Å²) < 4.78 is 5.44. The lowest BCUT2D eigenvalue weighted by Crippen LogP contribution is -2.34. The minimum absolute atomic E-state index is 0.215. The Bertz CT molecular complexity index is 377. The monoisotopic (exact) mass is 241 g/mol. The average molecular weight is 241 g/mol. The Kier molecular flexibility index (Phi) is 3.58. The van der Waals surface area contributed by atoms with Gasteiger partial charge in [-0.05, 0) is 30.4 Å². The summed E-state index contributed by atoms with van der Waals surface area (Å²) in [5.41, 5.74) is 0.858. The molecule has 0 aliphatic carbocycles. The molecule has 1 aromatic rings. The Labute approximate surface area is 98.2 Å². The molecule has 0 spiro atoms. The Morgan fingerprint density at radius 2 is 2.56 bits per heavy atom. The molecule has 2 unspecified atom stereocenters. The van der Waals surface area contributed by atoms with E-state index in [0.29, 0.717) is 17.5 Å². The van der Waals surface area contributed by atoms with Crippen LogP contribution in [0, 0.1) is 0 Å². The number of carboxylic acids is 1. The Morgan fingerprint density at radius 3 is 3.19 bits per heavy atom. The highest BCUT2D eigenvalue weighted by molar-refractivity contribution is 7.12. The third-order valence-corrected chi connectivity index (χ3v) is 3.82. The molecule has 0 radical (unpaired) electrons. The predicted molar refractivity (Wildman–Crippen MR) is 61.9 cm³/mol. The van der Waals surface area contributed by atoms with E-state index in [1.807, 2.05) is 18.4 Å². The van der Waals surface area contributed by atoms with Crippen molar-refractivity contribution < 1.29 is 14.6 Å². The Balaban J connectivity index is 1.94. The molecule has 0 amide bonds. The van der Waals surface area contributed by atoms with Gasteiger partial charge in [-0.1, -0.05) is 0 Å². The second-order valence-electron chi connectivity index (χ2n) is 3.93. The van der Waals surface area contributed by atoms with Crippen LogP contribution in [0.1, 0.15) is 28.6 Å². The summed E-state index contributed by atoms with van der Waals surface area (Å²) in [6.07, 6.45) is 1.21. The molecule has 5 heteroatoms. The smallest absolute Gasteiger partial charge is 0.346 e. The van der Waals surface area contributed by atoms with Crippen LogP contribution < -0.4 is 5.32 Å². The molecule has 2 atom stereocenters. The number of rotatable bonds is 4. The van der Waals surface area contributed by atoms with Gasteiger partial charge >= 0.3 is 5.97 Å². The first-order valence-corrected chi connectivity index (χ1v) is 6.21. The highest BCUT2D eigenvalue weighted by Crippen LogP contribution is 2.18. The van der Waals surface area contributed by atoms with Crippen molar-refractivity contribution in [3.63, 3.8) is 0 Å². The van der Waals surface area contributed by atoms with Gasteiger partial charge in [0.25, 0.3) is 0 Å². The van der Waals surface area contributed by atoms with Crippen molar-refractivity contribution in [3.8, 4) is 0 Å². The van der Waals surface area contributed by atoms with E-state index >= 15 is 0 Å². The van der Waals surface area contributed by atoms with Crippen molar-refractivity contribution in [2.75, 3.05) is 6.61 Å². The fourth-order valence-corrected chi connectivity index (χ4v) is 2.66. The van der Waals surface area contributed by atoms with Crippen LogP contribution in [0.25, 0.3) is 0 Å². The number of nitrogens with one attached hydrogen (secondary N) is 1. The summed E-state index contributed by atoms with van der Waals surface area (Å²) in [4.78, 5) is 11.3. The fourth-order valence-electron chi connectivity index (χ4n) is 1.90. The second-order valence-corrected chi connectivity index (χ2v) is 4.85. The first-order chi connectivity index (χ1) is 7.68. The van der Waals surface area contributed by atoms with Crippen molar-refractivity contribution in [2.45, 2.75) is 32.0 Å². The zero-order chi connectivity index (χ0) is 11.5. The first kappa shape index (κ1) is 11.6. The zero-order valence-corrected chi connectivity index (χ0v) is 9.92.